The number of benzene rings is 1. The van der Waals surface area contributed by atoms with Gasteiger partial charge in [-0.1, -0.05) is 29.8 Å². The van der Waals surface area contributed by atoms with Crippen LogP contribution in [0.4, 0.5) is 5.69 Å². The highest BCUT2D eigenvalue weighted by Gasteiger charge is 2.10. The molecule has 0 fully saturated rings. The fourth-order valence-corrected chi connectivity index (χ4v) is 2.01. The molecule has 0 bridgehead atoms. The topological polar surface area (TPSA) is 42.3 Å². The minimum atomic E-state index is 0.00551. The summed E-state index contributed by atoms with van der Waals surface area (Å²) in [4.78, 5) is 20.5. The van der Waals surface area contributed by atoms with Crippen LogP contribution in [-0.4, -0.2) is 16.5 Å². The molecule has 0 saturated heterocycles. The van der Waals surface area contributed by atoms with Gasteiger partial charge in [-0.25, -0.2) is 0 Å². The fraction of sp³-hybridized carbons (Fsp3) is 0.235. The minimum absolute atomic E-state index is 0.00551. The number of pyridine rings is 1. The highest BCUT2D eigenvalue weighted by molar-refractivity contribution is 6.04. The lowest BCUT2D eigenvalue weighted by Crippen LogP contribution is -1.99. The summed E-state index contributed by atoms with van der Waals surface area (Å²) in [6, 6.07) is 9.89. The molecule has 0 aliphatic carbocycles. The van der Waals surface area contributed by atoms with Crippen LogP contribution in [0.1, 0.15) is 41.0 Å². The van der Waals surface area contributed by atoms with Crippen LogP contribution in [-0.2, 0) is 0 Å². The zero-order valence-electron chi connectivity index (χ0n) is 12.3. The molecular weight excluding hydrogens is 248 g/mol. The summed E-state index contributed by atoms with van der Waals surface area (Å²) in [5, 5.41) is 0. The van der Waals surface area contributed by atoms with E-state index >= 15 is 0 Å². The van der Waals surface area contributed by atoms with Crippen LogP contribution in [0.5, 0.6) is 0 Å². The Labute approximate surface area is 119 Å². The Balaban J connectivity index is 2.49. The summed E-state index contributed by atoms with van der Waals surface area (Å²) < 4.78 is 0. The molecule has 1 heterocycles. The zero-order chi connectivity index (χ0) is 14.7. The predicted molar refractivity (Wildman–Crippen MR) is 82.0 cm³/mol. The largest absolute Gasteiger partial charge is 0.294 e. The van der Waals surface area contributed by atoms with Gasteiger partial charge in [-0.2, -0.15) is 0 Å². The molecule has 0 aliphatic heterocycles. The minimum Gasteiger partial charge on any atom is -0.294 e. The molecule has 20 heavy (non-hydrogen) atoms. The van der Waals surface area contributed by atoms with Gasteiger partial charge in [0.2, 0.25) is 0 Å². The first-order valence-corrected chi connectivity index (χ1v) is 6.58. The van der Waals surface area contributed by atoms with E-state index in [9.17, 15) is 4.79 Å². The van der Waals surface area contributed by atoms with Crippen LogP contribution < -0.4 is 0 Å². The molecule has 102 valence electrons. The maximum Gasteiger partial charge on any atom is 0.162 e. The Morgan fingerprint density at radius 2 is 1.70 bits per heavy atom. The molecule has 2 aromatic rings. The zero-order valence-corrected chi connectivity index (χ0v) is 12.3. The first kappa shape index (κ1) is 14.1. The second kappa shape index (κ2) is 5.78. The van der Waals surface area contributed by atoms with Crippen LogP contribution in [0.2, 0.25) is 0 Å². The van der Waals surface area contributed by atoms with Crippen molar-refractivity contribution in [1.29, 1.82) is 0 Å². The van der Waals surface area contributed by atoms with E-state index in [1.54, 1.807) is 19.2 Å². The van der Waals surface area contributed by atoms with Crippen molar-refractivity contribution in [2.75, 3.05) is 0 Å². The average molecular weight is 266 g/mol. The molecule has 0 unspecified atom stereocenters. The van der Waals surface area contributed by atoms with E-state index in [2.05, 4.69) is 29.0 Å². The smallest absolute Gasteiger partial charge is 0.162 e. The van der Waals surface area contributed by atoms with Gasteiger partial charge in [0, 0.05) is 17.5 Å². The molecule has 0 N–H and O–H groups in total. The summed E-state index contributed by atoms with van der Waals surface area (Å²) in [5.74, 6) is 0.00551. The van der Waals surface area contributed by atoms with E-state index in [4.69, 9.17) is 0 Å². The van der Waals surface area contributed by atoms with Gasteiger partial charge in [0.1, 0.15) is 0 Å². The molecule has 0 atom stereocenters. The van der Waals surface area contributed by atoms with Gasteiger partial charge in [0.15, 0.2) is 5.78 Å². The number of ketones is 1. The van der Waals surface area contributed by atoms with Crippen LogP contribution >= 0.6 is 0 Å². The van der Waals surface area contributed by atoms with Crippen LogP contribution in [0.25, 0.3) is 0 Å². The number of nitrogens with zero attached hydrogens (tertiary/aromatic N) is 2. The van der Waals surface area contributed by atoms with Gasteiger partial charge in [-0.15, -0.1) is 0 Å². The van der Waals surface area contributed by atoms with Crippen LogP contribution in [0.15, 0.2) is 41.5 Å². The first-order valence-electron chi connectivity index (χ1n) is 6.58. The normalized spacial score (nSPS) is 11.5. The average Bonchev–Trinajstić information content (AvgIpc) is 2.41. The number of Topliss-reactive ketones (excluding diaryl/α,β-unsaturated/α-hetero) is 1. The van der Waals surface area contributed by atoms with Crippen molar-refractivity contribution in [2.45, 2.75) is 27.7 Å². The van der Waals surface area contributed by atoms with Crippen molar-refractivity contribution >= 4 is 17.2 Å². The van der Waals surface area contributed by atoms with Gasteiger partial charge in [-0.3, -0.25) is 14.8 Å². The molecule has 3 heteroatoms. The quantitative estimate of drug-likeness (QED) is 0.621. The van der Waals surface area contributed by atoms with Crippen molar-refractivity contribution < 1.29 is 4.79 Å². The molecule has 0 radical (unpaired) electrons. The highest BCUT2D eigenvalue weighted by Crippen LogP contribution is 2.23. The molecular formula is C17H18N2O. The lowest BCUT2D eigenvalue weighted by molar-refractivity contribution is 0.101. The van der Waals surface area contributed by atoms with E-state index in [0.717, 1.165) is 17.0 Å². The van der Waals surface area contributed by atoms with Gasteiger partial charge in [0.05, 0.1) is 11.4 Å². The van der Waals surface area contributed by atoms with E-state index in [1.807, 2.05) is 26.0 Å². The van der Waals surface area contributed by atoms with Crippen molar-refractivity contribution in [3.05, 3.63) is 58.9 Å². The van der Waals surface area contributed by atoms with E-state index in [1.165, 1.54) is 5.56 Å². The van der Waals surface area contributed by atoms with Crippen LogP contribution in [0, 0.1) is 13.8 Å². The van der Waals surface area contributed by atoms with Crippen molar-refractivity contribution in [1.82, 2.24) is 4.98 Å². The molecule has 0 saturated carbocycles. The molecule has 1 aromatic heterocycles. The summed E-state index contributed by atoms with van der Waals surface area (Å²) in [5.41, 5.74) is 5.19. The molecule has 1 aromatic carbocycles. The predicted octanol–water partition coefficient (Wildman–Crippen LogP) is 4.04. The third kappa shape index (κ3) is 2.99. The summed E-state index contributed by atoms with van der Waals surface area (Å²) in [7, 11) is 0. The lowest BCUT2D eigenvalue weighted by Gasteiger charge is -2.07. The lowest BCUT2D eigenvalue weighted by atomic mass is 10.1. The molecule has 0 amide bonds. The number of aryl methyl sites for hydroxylation is 2. The second-order valence-corrected chi connectivity index (χ2v) is 4.91. The molecule has 0 spiro atoms. The summed E-state index contributed by atoms with van der Waals surface area (Å²) in [6.07, 6.45) is 1.65. The van der Waals surface area contributed by atoms with E-state index in [0.29, 0.717) is 11.3 Å². The number of carbonyl (C=O) groups excluding carboxylic acids is 1. The Morgan fingerprint density at radius 1 is 1.05 bits per heavy atom. The Bertz CT molecular complexity index is 670. The van der Waals surface area contributed by atoms with Crippen molar-refractivity contribution in [3.63, 3.8) is 0 Å². The third-order valence-corrected chi connectivity index (χ3v) is 3.24. The van der Waals surface area contributed by atoms with E-state index < -0.39 is 0 Å². The van der Waals surface area contributed by atoms with Gasteiger partial charge in [-0.05, 0) is 39.3 Å². The maximum atomic E-state index is 11.7. The number of carbonyl (C=O) groups is 1. The number of hydrogen-bond acceptors (Lipinski definition) is 3. The number of rotatable bonds is 3. The Kier molecular flexibility index (Phi) is 4.08. The van der Waals surface area contributed by atoms with E-state index in [-0.39, 0.29) is 5.78 Å². The highest BCUT2D eigenvalue weighted by atomic mass is 16.1. The fourth-order valence-electron chi connectivity index (χ4n) is 2.01. The third-order valence-electron chi connectivity index (χ3n) is 3.24. The number of aliphatic imine (C=N–C) groups is 1. The number of hydrogen-bond donors (Lipinski definition) is 0. The number of aromatic nitrogens is 1. The van der Waals surface area contributed by atoms with Crippen LogP contribution in [0.3, 0.4) is 0 Å². The van der Waals surface area contributed by atoms with Gasteiger partial charge < -0.3 is 0 Å². The second-order valence-electron chi connectivity index (χ2n) is 4.91. The molecule has 3 nitrogen and oxygen atoms in total. The van der Waals surface area contributed by atoms with Gasteiger partial charge >= 0.3 is 0 Å². The monoisotopic (exact) mass is 266 g/mol. The SMILES string of the molecule is CC(=O)c1ccnc(C)c1N=C(C)c1ccc(C)cc1. The van der Waals surface area contributed by atoms with Gasteiger partial charge in [0.25, 0.3) is 0 Å². The molecule has 0 aliphatic rings. The molecule has 2 rings (SSSR count). The Morgan fingerprint density at radius 3 is 2.30 bits per heavy atom. The maximum absolute atomic E-state index is 11.7. The summed E-state index contributed by atoms with van der Waals surface area (Å²) in [6.45, 7) is 7.42. The standard InChI is InChI=1S/C17H18N2O/c1-11-5-7-15(8-6-11)12(2)19-17-13(3)18-10-9-16(17)14(4)20/h5-10H,1-4H3. The summed E-state index contributed by atoms with van der Waals surface area (Å²) >= 11 is 0. The Hall–Kier alpha value is -2.29. The van der Waals surface area contributed by atoms with Crippen molar-refractivity contribution in [3.8, 4) is 0 Å². The van der Waals surface area contributed by atoms with Crippen molar-refractivity contribution in [2.24, 2.45) is 4.99 Å². The first-order chi connectivity index (χ1) is 9.49.